The monoisotopic (exact) mass is 560 g/mol. The van der Waals surface area contributed by atoms with Gasteiger partial charge in [0.2, 0.25) is 6.04 Å². The van der Waals surface area contributed by atoms with E-state index >= 15 is 0 Å². The van der Waals surface area contributed by atoms with E-state index in [0.717, 1.165) is 27.8 Å². The van der Waals surface area contributed by atoms with E-state index in [9.17, 15) is 24.3 Å². The molecule has 4 rings (SSSR count). The van der Waals surface area contributed by atoms with Crippen LogP contribution >= 0.6 is 0 Å². The Morgan fingerprint density at radius 1 is 0.829 bits per heavy atom. The number of fused-ring (bicyclic) bond motifs is 3. The molecule has 10 nitrogen and oxygen atoms in total. The Bertz CT molecular complexity index is 1350. The Hall–Kier alpha value is -4.70. The van der Waals surface area contributed by atoms with Crippen LogP contribution in [-0.2, 0) is 35.2 Å². The Morgan fingerprint density at radius 3 is 2.00 bits per heavy atom. The summed E-state index contributed by atoms with van der Waals surface area (Å²) >= 11 is 0. The minimum atomic E-state index is -1.84. The molecule has 3 atom stereocenters. The quantitative estimate of drug-likeness (QED) is 0.225. The van der Waals surface area contributed by atoms with Crippen molar-refractivity contribution in [1.82, 2.24) is 10.6 Å². The highest BCUT2D eigenvalue weighted by molar-refractivity contribution is 6.05. The average molecular weight is 561 g/mol. The van der Waals surface area contributed by atoms with Gasteiger partial charge in [0, 0.05) is 5.92 Å². The van der Waals surface area contributed by atoms with Crippen molar-refractivity contribution in [2.45, 2.75) is 44.6 Å². The largest absolute Gasteiger partial charge is 0.480 e. The molecule has 0 aromatic heterocycles. The zero-order valence-electron chi connectivity index (χ0n) is 22.7. The molecule has 214 valence electrons. The maximum absolute atomic E-state index is 13.1. The summed E-state index contributed by atoms with van der Waals surface area (Å²) in [4.78, 5) is 50.4. The Balaban J connectivity index is 1.41. The van der Waals surface area contributed by atoms with Crippen molar-refractivity contribution in [2.75, 3.05) is 13.2 Å². The first-order chi connectivity index (χ1) is 19.8. The third-order valence-corrected chi connectivity index (χ3v) is 6.78. The topological polar surface area (TPSA) is 140 Å². The number of esters is 1. The van der Waals surface area contributed by atoms with Gasteiger partial charge >= 0.3 is 18.0 Å². The van der Waals surface area contributed by atoms with Crippen LogP contribution in [0, 0.1) is 0 Å². The maximum atomic E-state index is 13.1. The minimum absolute atomic E-state index is 0.0425. The van der Waals surface area contributed by atoms with Gasteiger partial charge in [0.05, 0.1) is 19.3 Å². The molecule has 0 spiro atoms. The van der Waals surface area contributed by atoms with Crippen molar-refractivity contribution in [3.63, 3.8) is 0 Å². The second-order valence-electron chi connectivity index (χ2n) is 9.48. The van der Waals surface area contributed by atoms with Crippen molar-refractivity contribution < 1.29 is 38.5 Å². The van der Waals surface area contributed by atoms with Crippen LogP contribution in [0.15, 0.2) is 78.9 Å². The fourth-order valence-corrected chi connectivity index (χ4v) is 4.73. The number of ether oxygens (including phenoxy) is 3. The molecule has 0 aliphatic heterocycles. The van der Waals surface area contributed by atoms with Crippen molar-refractivity contribution in [2.24, 2.45) is 0 Å². The Labute approximate surface area is 237 Å². The molecule has 41 heavy (non-hydrogen) atoms. The molecule has 0 saturated heterocycles. The SMILES string of the molecule is CCOC(=O)C(NC(=O)OCC1c2ccccc2-c2ccccc21)C(=O)NC(C(=O)O)C(C)OCc1ccccc1. The number of aliphatic carboxylic acids is 1. The van der Waals surface area contributed by atoms with Gasteiger partial charge in [0.25, 0.3) is 5.91 Å². The molecule has 0 radical (unpaired) electrons. The molecule has 3 unspecified atom stereocenters. The highest BCUT2D eigenvalue weighted by Gasteiger charge is 2.36. The van der Waals surface area contributed by atoms with Crippen LogP contribution in [0.25, 0.3) is 11.1 Å². The number of carbonyl (C=O) groups excluding carboxylic acids is 3. The number of nitrogens with one attached hydrogen (secondary N) is 2. The van der Waals surface area contributed by atoms with Gasteiger partial charge in [0.15, 0.2) is 6.04 Å². The van der Waals surface area contributed by atoms with Gasteiger partial charge in [-0.05, 0) is 41.7 Å². The molecule has 3 N–H and O–H groups in total. The molecule has 1 aliphatic rings. The van der Waals surface area contributed by atoms with Crippen molar-refractivity contribution in [1.29, 1.82) is 0 Å². The van der Waals surface area contributed by atoms with Crippen LogP contribution in [0.4, 0.5) is 4.79 Å². The lowest BCUT2D eigenvalue weighted by Gasteiger charge is -2.24. The zero-order chi connectivity index (χ0) is 29.4. The van der Waals surface area contributed by atoms with Crippen molar-refractivity contribution in [3.8, 4) is 11.1 Å². The fourth-order valence-electron chi connectivity index (χ4n) is 4.73. The van der Waals surface area contributed by atoms with Crippen molar-refractivity contribution in [3.05, 3.63) is 95.6 Å². The number of rotatable bonds is 12. The maximum Gasteiger partial charge on any atom is 0.408 e. The summed E-state index contributed by atoms with van der Waals surface area (Å²) in [5, 5.41) is 14.3. The minimum Gasteiger partial charge on any atom is -0.480 e. The van der Waals surface area contributed by atoms with Gasteiger partial charge in [-0.15, -0.1) is 0 Å². The standard InChI is InChI=1S/C31H32N2O8/c1-3-39-30(37)27(28(34)32-26(29(35)36)19(2)40-17-20-11-5-4-6-12-20)33-31(38)41-18-25-23-15-9-7-13-21(23)22-14-8-10-16-24(22)25/h4-16,19,25-27H,3,17-18H2,1-2H3,(H,32,34)(H,33,38)(H,35,36). The highest BCUT2D eigenvalue weighted by atomic mass is 16.6. The average Bonchev–Trinajstić information content (AvgIpc) is 3.30. The number of alkyl carbamates (subject to hydrolysis) is 1. The number of amides is 2. The van der Waals surface area contributed by atoms with Crippen molar-refractivity contribution >= 4 is 23.9 Å². The van der Waals surface area contributed by atoms with E-state index in [0.29, 0.717) is 0 Å². The third kappa shape index (κ3) is 7.09. The summed E-state index contributed by atoms with van der Waals surface area (Å²) in [6, 6.07) is 21.4. The summed E-state index contributed by atoms with van der Waals surface area (Å²) in [6.45, 7) is 3.04. The summed E-state index contributed by atoms with van der Waals surface area (Å²) in [6.07, 6.45) is -1.99. The molecule has 0 fully saturated rings. The normalized spacial score (nSPS) is 14.1. The van der Waals surface area contributed by atoms with Crippen LogP contribution in [0.1, 0.15) is 36.5 Å². The van der Waals surface area contributed by atoms with E-state index in [1.165, 1.54) is 6.92 Å². The Kier molecular flexibility index (Phi) is 9.70. The van der Waals surface area contributed by atoms with E-state index in [4.69, 9.17) is 14.2 Å². The van der Waals surface area contributed by atoms with Crippen LogP contribution < -0.4 is 10.6 Å². The zero-order valence-corrected chi connectivity index (χ0v) is 22.7. The number of benzene rings is 3. The van der Waals surface area contributed by atoms with E-state index in [2.05, 4.69) is 10.6 Å². The van der Waals surface area contributed by atoms with Crippen LogP contribution in [0.3, 0.4) is 0 Å². The molecular weight excluding hydrogens is 528 g/mol. The summed E-state index contributed by atoms with van der Waals surface area (Å²) in [5.41, 5.74) is 4.90. The van der Waals surface area contributed by atoms with Crippen LogP contribution in [0.2, 0.25) is 0 Å². The lowest BCUT2D eigenvalue weighted by molar-refractivity contribution is -0.152. The van der Waals surface area contributed by atoms with E-state index in [1.807, 2.05) is 78.9 Å². The summed E-state index contributed by atoms with van der Waals surface area (Å²) < 4.78 is 16.1. The predicted octanol–water partition coefficient (Wildman–Crippen LogP) is 3.63. The Morgan fingerprint density at radius 2 is 1.41 bits per heavy atom. The number of carbonyl (C=O) groups is 4. The van der Waals surface area contributed by atoms with Gasteiger partial charge in [0.1, 0.15) is 6.61 Å². The van der Waals surface area contributed by atoms with Gasteiger partial charge in [-0.3, -0.25) is 10.1 Å². The molecule has 3 aromatic rings. The van der Waals surface area contributed by atoms with Gasteiger partial charge in [-0.2, -0.15) is 0 Å². The first kappa shape index (κ1) is 29.3. The molecule has 3 aromatic carbocycles. The van der Waals surface area contributed by atoms with Gasteiger partial charge in [-0.1, -0.05) is 78.9 Å². The van der Waals surface area contributed by atoms with E-state index < -0.39 is 42.1 Å². The molecule has 2 amide bonds. The lowest BCUT2D eigenvalue weighted by Crippen LogP contribution is -2.58. The van der Waals surface area contributed by atoms with E-state index in [1.54, 1.807) is 6.92 Å². The highest BCUT2D eigenvalue weighted by Crippen LogP contribution is 2.44. The third-order valence-electron chi connectivity index (χ3n) is 6.78. The van der Waals surface area contributed by atoms with Crippen LogP contribution in [0.5, 0.6) is 0 Å². The second-order valence-corrected chi connectivity index (χ2v) is 9.48. The van der Waals surface area contributed by atoms with E-state index in [-0.39, 0.29) is 25.7 Å². The van der Waals surface area contributed by atoms with Gasteiger partial charge in [-0.25, -0.2) is 14.4 Å². The molecule has 0 saturated carbocycles. The number of hydrogen-bond acceptors (Lipinski definition) is 7. The molecule has 10 heteroatoms. The fraction of sp³-hybridized carbons (Fsp3) is 0.290. The molecule has 0 heterocycles. The number of carboxylic acids is 1. The first-order valence-electron chi connectivity index (χ1n) is 13.3. The predicted molar refractivity (Wildman–Crippen MR) is 149 cm³/mol. The van der Waals surface area contributed by atoms with Crippen LogP contribution in [-0.4, -0.2) is 60.4 Å². The molecular formula is C31H32N2O8. The smallest absolute Gasteiger partial charge is 0.408 e. The molecule has 0 bridgehead atoms. The molecule has 1 aliphatic carbocycles. The lowest BCUT2D eigenvalue weighted by atomic mass is 9.98. The van der Waals surface area contributed by atoms with Gasteiger partial charge < -0.3 is 24.6 Å². The summed E-state index contributed by atoms with van der Waals surface area (Å²) in [7, 11) is 0. The summed E-state index contributed by atoms with van der Waals surface area (Å²) in [5.74, 6) is -3.73. The number of hydrogen-bond donors (Lipinski definition) is 3. The first-order valence-corrected chi connectivity index (χ1v) is 13.3. The second kappa shape index (κ2) is 13.6. The number of carboxylic acid groups (broad SMARTS) is 1.